The number of aromatic nitrogens is 2. The van der Waals surface area contributed by atoms with Gasteiger partial charge in [-0.1, -0.05) is 45.0 Å². The summed E-state index contributed by atoms with van der Waals surface area (Å²) in [7, 11) is 0. The number of hydrogen-bond donors (Lipinski definition) is 3. The van der Waals surface area contributed by atoms with Crippen LogP contribution in [0.1, 0.15) is 81.8 Å². The molecule has 9 heteroatoms. The van der Waals surface area contributed by atoms with E-state index in [2.05, 4.69) is 70.6 Å². The maximum atomic E-state index is 11.4. The SMILES string of the molecule is Cc1cccc(C)c1-c1cc(OC[C@@H](CC(C)(C)C)NCC2CCCC(C)(C)O2)nc(NSc2cccc(C(=O)O)c2)n1. The van der Waals surface area contributed by atoms with E-state index in [0.29, 0.717) is 18.4 Å². The van der Waals surface area contributed by atoms with E-state index in [1.165, 1.54) is 18.4 Å². The van der Waals surface area contributed by atoms with E-state index >= 15 is 0 Å². The van der Waals surface area contributed by atoms with Gasteiger partial charge < -0.3 is 19.9 Å². The molecule has 8 nitrogen and oxygen atoms in total. The van der Waals surface area contributed by atoms with E-state index in [4.69, 9.17) is 19.4 Å². The molecule has 1 saturated heterocycles. The van der Waals surface area contributed by atoms with E-state index < -0.39 is 5.97 Å². The zero-order chi connectivity index (χ0) is 31.2. The van der Waals surface area contributed by atoms with Crippen molar-refractivity contribution in [2.75, 3.05) is 17.9 Å². The van der Waals surface area contributed by atoms with Gasteiger partial charge in [-0.05, 0) is 100 Å². The van der Waals surface area contributed by atoms with Crippen LogP contribution in [-0.2, 0) is 4.74 Å². The zero-order valence-electron chi connectivity index (χ0n) is 26.5. The molecule has 3 N–H and O–H groups in total. The molecular weight excluding hydrogens is 560 g/mol. The van der Waals surface area contributed by atoms with Gasteiger partial charge in [-0.2, -0.15) is 4.98 Å². The summed E-state index contributed by atoms with van der Waals surface area (Å²) in [4.78, 5) is 21.7. The summed E-state index contributed by atoms with van der Waals surface area (Å²) < 4.78 is 15.9. The Morgan fingerprint density at radius 1 is 1.14 bits per heavy atom. The fourth-order valence-electron chi connectivity index (χ4n) is 5.57. The second-order valence-corrected chi connectivity index (χ2v) is 14.2. The molecule has 43 heavy (non-hydrogen) atoms. The Balaban J connectivity index is 1.55. The molecule has 1 unspecified atom stereocenters. The maximum absolute atomic E-state index is 11.4. The third kappa shape index (κ3) is 9.95. The van der Waals surface area contributed by atoms with Crippen LogP contribution in [0, 0.1) is 19.3 Å². The monoisotopic (exact) mass is 606 g/mol. The summed E-state index contributed by atoms with van der Waals surface area (Å²) >= 11 is 1.26. The van der Waals surface area contributed by atoms with Crippen molar-refractivity contribution < 1.29 is 19.4 Å². The van der Waals surface area contributed by atoms with Gasteiger partial charge in [0.05, 0.1) is 23.0 Å². The van der Waals surface area contributed by atoms with E-state index in [9.17, 15) is 9.90 Å². The third-order valence-corrected chi connectivity index (χ3v) is 8.27. The van der Waals surface area contributed by atoms with Crippen molar-refractivity contribution in [3.63, 3.8) is 0 Å². The van der Waals surface area contributed by atoms with Gasteiger partial charge in [0, 0.05) is 29.1 Å². The summed E-state index contributed by atoms with van der Waals surface area (Å²) in [6.45, 7) is 16.4. The molecule has 1 fully saturated rings. The van der Waals surface area contributed by atoms with Gasteiger partial charge >= 0.3 is 5.97 Å². The van der Waals surface area contributed by atoms with Crippen molar-refractivity contribution in [1.29, 1.82) is 0 Å². The van der Waals surface area contributed by atoms with Gasteiger partial charge in [-0.15, -0.1) is 0 Å². The lowest BCUT2D eigenvalue weighted by Crippen LogP contribution is -2.46. The Morgan fingerprint density at radius 3 is 2.53 bits per heavy atom. The molecule has 2 heterocycles. The number of carboxylic acids is 1. The lowest BCUT2D eigenvalue weighted by Gasteiger charge is -2.37. The average Bonchev–Trinajstić information content (AvgIpc) is 2.92. The molecular formula is C34H46N4O4S. The molecule has 0 bridgehead atoms. The molecule has 1 aliphatic rings. The van der Waals surface area contributed by atoms with Gasteiger partial charge in [0.2, 0.25) is 11.8 Å². The number of anilines is 1. The second-order valence-electron chi connectivity index (χ2n) is 13.3. The normalized spacial score (nSPS) is 17.3. The first-order valence-electron chi connectivity index (χ1n) is 15.0. The Hall–Kier alpha value is -3.14. The Labute approximate surface area is 260 Å². The number of carboxylic acid groups (broad SMARTS) is 1. The van der Waals surface area contributed by atoms with E-state index in [1.54, 1.807) is 18.2 Å². The molecule has 1 aliphatic heterocycles. The summed E-state index contributed by atoms with van der Waals surface area (Å²) in [5, 5.41) is 13.1. The van der Waals surface area contributed by atoms with Gasteiger partial charge in [-0.3, -0.25) is 4.72 Å². The molecule has 0 amide bonds. The summed E-state index contributed by atoms with van der Waals surface area (Å²) in [6, 6.07) is 14.9. The van der Waals surface area contributed by atoms with Crippen LogP contribution < -0.4 is 14.8 Å². The minimum absolute atomic E-state index is 0.0813. The number of aromatic carboxylic acids is 1. The molecule has 0 saturated carbocycles. The first-order chi connectivity index (χ1) is 20.3. The minimum Gasteiger partial charge on any atom is -0.478 e. The zero-order valence-corrected chi connectivity index (χ0v) is 27.3. The van der Waals surface area contributed by atoms with Crippen LogP contribution in [-0.4, -0.2) is 51.9 Å². The summed E-state index contributed by atoms with van der Waals surface area (Å²) in [5.41, 5.74) is 4.28. The van der Waals surface area contributed by atoms with E-state index in [1.807, 2.05) is 18.2 Å². The largest absolute Gasteiger partial charge is 0.478 e. The fourth-order valence-corrected chi connectivity index (χ4v) is 6.20. The maximum Gasteiger partial charge on any atom is 0.335 e. The van der Waals surface area contributed by atoms with Gasteiger partial charge in [-0.25, -0.2) is 9.78 Å². The van der Waals surface area contributed by atoms with Crippen LogP contribution >= 0.6 is 11.9 Å². The molecule has 2 atom stereocenters. The topological polar surface area (TPSA) is 106 Å². The van der Waals surface area contributed by atoms with Crippen LogP contribution in [0.3, 0.4) is 0 Å². The van der Waals surface area contributed by atoms with Gasteiger partial charge in [0.1, 0.15) is 6.61 Å². The minimum atomic E-state index is -0.969. The number of aryl methyl sites for hydroxylation is 2. The van der Waals surface area contributed by atoms with Crippen molar-refractivity contribution in [1.82, 2.24) is 15.3 Å². The Kier molecular flexibility index (Phi) is 10.7. The number of benzene rings is 2. The highest BCUT2D eigenvalue weighted by atomic mass is 32.2. The highest BCUT2D eigenvalue weighted by Gasteiger charge is 2.29. The number of rotatable bonds is 12. The van der Waals surface area contributed by atoms with Crippen LogP contribution in [0.2, 0.25) is 0 Å². The average molecular weight is 607 g/mol. The molecule has 0 radical (unpaired) electrons. The number of nitrogens with zero attached hydrogens (tertiary/aromatic N) is 2. The third-order valence-electron chi connectivity index (χ3n) is 7.50. The summed E-state index contributed by atoms with van der Waals surface area (Å²) in [5.74, 6) is -0.103. The molecule has 1 aromatic heterocycles. The van der Waals surface area contributed by atoms with Crippen molar-refractivity contribution in [3.05, 3.63) is 65.2 Å². The van der Waals surface area contributed by atoms with E-state index in [-0.39, 0.29) is 28.7 Å². The van der Waals surface area contributed by atoms with Crippen LogP contribution in [0.25, 0.3) is 11.3 Å². The van der Waals surface area contributed by atoms with Crippen molar-refractivity contribution in [2.24, 2.45) is 5.41 Å². The highest BCUT2D eigenvalue weighted by Crippen LogP contribution is 2.31. The molecule has 0 spiro atoms. The Bertz CT molecular complexity index is 1390. The number of hydrogen-bond acceptors (Lipinski definition) is 8. The second kappa shape index (κ2) is 14.1. The molecule has 0 aliphatic carbocycles. The van der Waals surface area contributed by atoms with E-state index in [0.717, 1.165) is 53.1 Å². The number of ether oxygens (including phenoxy) is 2. The fraction of sp³-hybridized carbons (Fsp3) is 0.500. The van der Waals surface area contributed by atoms with Gasteiger partial charge in [0.15, 0.2) is 0 Å². The quantitative estimate of drug-likeness (QED) is 0.179. The lowest BCUT2D eigenvalue weighted by atomic mass is 9.88. The number of nitrogens with one attached hydrogen (secondary N) is 2. The molecule has 3 aromatic rings. The predicted molar refractivity (Wildman–Crippen MR) is 174 cm³/mol. The first kappa shape index (κ1) is 32.8. The number of carbonyl (C=O) groups is 1. The molecule has 2 aromatic carbocycles. The van der Waals surface area contributed by atoms with Crippen LogP contribution in [0.4, 0.5) is 5.95 Å². The van der Waals surface area contributed by atoms with Crippen molar-refractivity contribution in [2.45, 2.75) is 96.8 Å². The van der Waals surface area contributed by atoms with Crippen LogP contribution in [0.15, 0.2) is 53.4 Å². The van der Waals surface area contributed by atoms with Crippen molar-refractivity contribution in [3.8, 4) is 17.1 Å². The Morgan fingerprint density at radius 2 is 1.86 bits per heavy atom. The van der Waals surface area contributed by atoms with Gasteiger partial charge in [0.25, 0.3) is 0 Å². The first-order valence-corrected chi connectivity index (χ1v) is 15.9. The van der Waals surface area contributed by atoms with Crippen molar-refractivity contribution >= 4 is 23.9 Å². The standard InChI is InChI=1S/C34H46N4O4S/c1-22-11-8-12-23(2)30(22)28-18-29(37-32(36-28)38-43-27-15-9-13-24(17-27)31(39)40)41-21-25(19-33(3,4)5)35-20-26-14-10-16-34(6,7)42-26/h8-9,11-13,15,17-18,25-26,35H,10,14,16,19-21H2,1-7H3,(H,39,40)(H,36,37,38)/t25-,26?/m1/s1. The van der Waals surface area contributed by atoms with Crippen LogP contribution in [0.5, 0.6) is 5.88 Å². The molecule has 232 valence electrons. The molecule has 4 rings (SSSR count). The predicted octanol–water partition coefficient (Wildman–Crippen LogP) is 7.70. The smallest absolute Gasteiger partial charge is 0.335 e. The summed E-state index contributed by atoms with van der Waals surface area (Å²) in [6.07, 6.45) is 4.45. The highest BCUT2D eigenvalue weighted by molar-refractivity contribution is 8.00. The lowest BCUT2D eigenvalue weighted by molar-refractivity contribution is -0.105.